The van der Waals surface area contributed by atoms with Crippen LogP contribution in [0.2, 0.25) is 0 Å². The predicted molar refractivity (Wildman–Crippen MR) is 110 cm³/mol. The zero-order valence-electron chi connectivity index (χ0n) is 15.0. The van der Waals surface area contributed by atoms with Gasteiger partial charge in [0.1, 0.15) is 5.01 Å². The van der Waals surface area contributed by atoms with Crippen LogP contribution in [0.4, 0.5) is 5.69 Å². The second-order valence-corrected chi connectivity index (χ2v) is 7.87. The molecular formula is C19H20N4O2S2. The average molecular weight is 401 g/mol. The van der Waals surface area contributed by atoms with Gasteiger partial charge in [-0.05, 0) is 36.9 Å². The average Bonchev–Trinajstić information content (AvgIpc) is 3.30. The maximum Gasteiger partial charge on any atom is 0.257 e. The van der Waals surface area contributed by atoms with Crippen molar-refractivity contribution >= 4 is 40.2 Å². The Hall–Kier alpha value is -2.71. The number of thiazole rings is 1. The van der Waals surface area contributed by atoms with Crippen LogP contribution in [0, 0.1) is 13.8 Å². The topological polar surface area (TPSA) is 83.1 Å². The van der Waals surface area contributed by atoms with E-state index in [1.165, 1.54) is 16.9 Å². The first-order valence-corrected chi connectivity index (χ1v) is 10.1. The van der Waals surface area contributed by atoms with Gasteiger partial charge in [0.15, 0.2) is 0 Å². The first-order chi connectivity index (χ1) is 13.0. The molecule has 0 aliphatic heterocycles. The monoisotopic (exact) mass is 400 g/mol. The van der Waals surface area contributed by atoms with Crippen LogP contribution < -0.4 is 16.2 Å². The van der Waals surface area contributed by atoms with Crippen molar-refractivity contribution in [2.24, 2.45) is 0 Å². The fraction of sp³-hybridized carbons (Fsp3) is 0.211. The summed E-state index contributed by atoms with van der Waals surface area (Å²) in [4.78, 5) is 29.4. The van der Waals surface area contributed by atoms with Gasteiger partial charge in [0.2, 0.25) is 5.91 Å². The van der Waals surface area contributed by atoms with Gasteiger partial charge in [-0.3, -0.25) is 20.4 Å². The second-order valence-electron chi connectivity index (χ2n) is 6.07. The van der Waals surface area contributed by atoms with Crippen molar-refractivity contribution in [3.8, 4) is 9.88 Å². The number of carbonyl (C=O) groups excluding carboxylic acids is 2. The summed E-state index contributed by atoms with van der Waals surface area (Å²) in [5.74, 6) is -0.626. The number of amides is 2. The second kappa shape index (κ2) is 8.79. The van der Waals surface area contributed by atoms with Gasteiger partial charge in [0.05, 0.1) is 23.5 Å². The largest absolute Gasteiger partial charge is 0.376 e. The first kappa shape index (κ1) is 19.1. The number of nitrogens with one attached hydrogen (secondary N) is 3. The lowest BCUT2D eigenvalue weighted by Gasteiger charge is -2.11. The SMILES string of the molecule is Cc1ccc(NCC(=O)NNC(=O)Cc2csc(-c3cccs3)n2)c(C)c1. The van der Waals surface area contributed by atoms with E-state index in [1.54, 1.807) is 11.3 Å². The number of aryl methyl sites for hydroxylation is 2. The third-order valence-corrected chi connectivity index (χ3v) is 5.72. The molecule has 140 valence electrons. The highest BCUT2D eigenvalue weighted by Gasteiger charge is 2.10. The van der Waals surface area contributed by atoms with Gasteiger partial charge in [-0.25, -0.2) is 4.98 Å². The summed E-state index contributed by atoms with van der Waals surface area (Å²) in [7, 11) is 0. The lowest BCUT2D eigenvalue weighted by Crippen LogP contribution is -2.44. The molecule has 27 heavy (non-hydrogen) atoms. The Morgan fingerprint density at radius 3 is 2.63 bits per heavy atom. The predicted octanol–water partition coefficient (Wildman–Crippen LogP) is 3.29. The van der Waals surface area contributed by atoms with Crippen molar-refractivity contribution in [3.05, 3.63) is 57.9 Å². The van der Waals surface area contributed by atoms with E-state index in [1.807, 2.05) is 54.9 Å². The normalized spacial score (nSPS) is 10.4. The number of nitrogens with zero attached hydrogens (tertiary/aromatic N) is 1. The molecule has 0 atom stereocenters. The molecule has 3 aromatic rings. The number of benzene rings is 1. The molecule has 0 aliphatic rings. The summed E-state index contributed by atoms with van der Waals surface area (Å²) in [5, 5.41) is 7.81. The Morgan fingerprint density at radius 2 is 1.89 bits per heavy atom. The molecule has 3 N–H and O–H groups in total. The molecule has 2 heterocycles. The van der Waals surface area contributed by atoms with Gasteiger partial charge in [-0.2, -0.15) is 0 Å². The molecule has 0 unspecified atom stereocenters. The van der Waals surface area contributed by atoms with E-state index in [0.29, 0.717) is 5.69 Å². The molecule has 0 spiro atoms. The Bertz CT molecular complexity index is 935. The van der Waals surface area contributed by atoms with Crippen LogP contribution in [0.5, 0.6) is 0 Å². The van der Waals surface area contributed by atoms with Crippen LogP contribution >= 0.6 is 22.7 Å². The van der Waals surface area contributed by atoms with Crippen LogP contribution in [0.1, 0.15) is 16.8 Å². The summed E-state index contributed by atoms with van der Waals surface area (Å²) < 4.78 is 0. The van der Waals surface area contributed by atoms with E-state index in [-0.39, 0.29) is 24.8 Å². The Labute approximate surface area is 165 Å². The Kier molecular flexibility index (Phi) is 6.20. The Balaban J connectivity index is 1.43. The van der Waals surface area contributed by atoms with Crippen molar-refractivity contribution in [1.82, 2.24) is 15.8 Å². The van der Waals surface area contributed by atoms with Crippen LogP contribution in [-0.4, -0.2) is 23.3 Å². The van der Waals surface area contributed by atoms with Gasteiger partial charge in [-0.15, -0.1) is 22.7 Å². The van der Waals surface area contributed by atoms with Crippen LogP contribution in [0.3, 0.4) is 0 Å². The van der Waals surface area contributed by atoms with E-state index >= 15 is 0 Å². The molecule has 2 aromatic heterocycles. The third-order valence-electron chi connectivity index (χ3n) is 3.79. The minimum absolute atomic E-state index is 0.0728. The van der Waals surface area contributed by atoms with Gasteiger partial charge in [0.25, 0.3) is 5.91 Å². The fourth-order valence-electron chi connectivity index (χ4n) is 2.48. The van der Waals surface area contributed by atoms with E-state index in [4.69, 9.17) is 0 Å². The molecule has 6 nitrogen and oxygen atoms in total. The maximum absolute atomic E-state index is 12.0. The van der Waals surface area contributed by atoms with Gasteiger partial charge < -0.3 is 5.32 Å². The minimum Gasteiger partial charge on any atom is -0.376 e. The summed E-state index contributed by atoms with van der Waals surface area (Å²) in [6.45, 7) is 4.07. The van der Waals surface area contributed by atoms with Gasteiger partial charge in [0, 0.05) is 11.1 Å². The zero-order chi connectivity index (χ0) is 19.2. The molecule has 2 amide bonds. The number of hydrogen-bond acceptors (Lipinski definition) is 6. The van der Waals surface area contributed by atoms with Crippen molar-refractivity contribution in [3.63, 3.8) is 0 Å². The molecule has 0 fully saturated rings. The first-order valence-electron chi connectivity index (χ1n) is 8.38. The number of hydrogen-bond donors (Lipinski definition) is 3. The van der Waals surface area contributed by atoms with Crippen molar-refractivity contribution in [2.45, 2.75) is 20.3 Å². The number of rotatable bonds is 6. The molecular weight excluding hydrogens is 380 g/mol. The number of hydrazine groups is 1. The number of carbonyl (C=O) groups is 2. The minimum atomic E-state index is -0.319. The van der Waals surface area contributed by atoms with Crippen LogP contribution in [0.25, 0.3) is 9.88 Å². The standard InChI is InChI=1S/C19H20N4O2S2/c1-12-5-6-15(13(2)8-12)20-10-18(25)23-22-17(24)9-14-11-27-19(21-14)16-4-3-7-26-16/h3-8,11,20H,9-10H2,1-2H3,(H,22,24)(H,23,25). The van der Waals surface area contributed by atoms with Crippen molar-refractivity contribution in [2.75, 3.05) is 11.9 Å². The van der Waals surface area contributed by atoms with E-state index in [0.717, 1.165) is 21.1 Å². The molecule has 0 radical (unpaired) electrons. The lowest BCUT2D eigenvalue weighted by atomic mass is 10.1. The van der Waals surface area contributed by atoms with E-state index < -0.39 is 0 Å². The fourth-order valence-corrected chi connectivity index (χ4v) is 4.12. The lowest BCUT2D eigenvalue weighted by molar-refractivity contribution is -0.127. The molecule has 1 aromatic carbocycles. The molecule has 0 saturated heterocycles. The Morgan fingerprint density at radius 1 is 1.07 bits per heavy atom. The summed E-state index contributed by atoms with van der Waals surface area (Å²) >= 11 is 3.11. The van der Waals surface area contributed by atoms with Crippen LogP contribution in [-0.2, 0) is 16.0 Å². The molecule has 3 rings (SSSR count). The van der Waals surface area contributed by atoms with Crippen molar-refractivity contribution < 1.29 is 9.59 Å². The van der Waals surface area contributed by atoms with E-state index in [2.05, 4.69) is 21.2 Å². The summed E-state index contributed by atoms with van der Waals surface area (Å²) in [6.07, 6.45) is 0.118. The molecule has 0 saturated carbocycles. The highest BCUT2D eigenvalue weighted by Crippen LogP contribution is 2.27. The van der Waals surface area contributed by atoms with Crippen LogP contribution in [0.15, 0.2) is 41.1 Å². The number of aromatic nitrogens is 1. The number of thiophene rings is 1. The van der Waals surface area contributed by atoms with Gasteiger partial charge in [-0.1, -0.05) is 23.8 Å². The van der Waals surface area contributed by atoms with Gasteiger partial charge >= 0.3 is 0 Å². The maximum atomic E-state index is 12.0. The summed E-state index contributed by atoms with van der Waals surface area (Å²) in [5.41, 5.74) is 8.65. The molecule has 8 heteroatoms. The molecule has 0 aliphatic carbocycles. The smallest absolute Gasteiger partial charge is 0.257 e. The highest BCUT2D eigenvalue weighted by atomic mass is 32.1. The quantitative estimate of drug-likeness (QED) is 0.555. The third kappa shape index (κ3) is 5.38. The summed E-state index contributed by atoms with van der Waals surface area (Å²) in [6, 6.07) is 9.92. The highest BCUT2D eigenvalue weighted by molar-refractivity contribution is 7.20. The van der Waals surface area contributed by atoms with Crippen molar-refractivity contribution in [1.29, 1.82) is 0 Å². The van der Waals surface area contributed by atoms with E-state index in [9.17, 15) is 9.59 Å². The number of anilines is 1. The molecule has 0 bridgehead atoms. The zero-order valence-corrected chi connectivity index (χ0v) is 16.7.